The van der Waals surface area contributed by atoms with E-state index in [2.05, 4.69) is 10.4 Å². The minimum Gasteiger partial charge on any atom is -0.350 e. The van der Waals surface area contributed by atoms with E-state index < -0.39 is 17.8 Å². The Kier molecular flexibility index (Phi) is 6.02. The maximum atomic E-state index is 12.6. The Bertz CT molecular complexity index is 1140. The van der Waals surface area contributed by atoms with Gasteiger partial charge in [-0.15, -0.1) is 0 Å². The summed E-state index contributed by atoms with van der Waals surface area (Å²) < 4.78 is 1.91. The summed E-state index contributed by atoms with van der Waals surface area (Å²) in [7, 11) is 0. The third kappa shape index (κ3) is 4.39. The first kappa shape index (κ1) is 21.3. The second kappa shape index (κ2) is 9.05. The summed E-state index contributed by atoms with van der Waals surface area (Å²) in [6.07, 6.45) is 0. The van der Waals surface area contributed by atoms with Crippen molar-refractivity contribution in [2.45, 2.75) is 26.9 Å². The predicted molar refractivity (Wildman–Crippen MR) is 120 cm³/mol. The minimum absolute atomic E-state index is 0.0688. The fraction of sp³-hybridized carbons (Fsp3) is 0.250. The van der Waals surface area contributed by atoms with E-state index >= 15 is 0 Å². The zero-order chi connectivity index (χ0) is 22.7. The zero-order valence-electron chi connectivity index (χ0n) is 18.1. The molecule has 4 amide bonds. The van der Waals surface area contributed by atoms with Gasteiger partial charge in [0.25, 0.3) is 5.91 Å². The third-order valence-electron chi connectivity index (χ3n) is 5.59. The lowest BCUT2D eigenvalue weighted by atomic mass is 10.2. The maximum absolute atomic E-state index is 12.6. The van der Waals surface area contributed by atoms with Crippen LogP contribution in [0, 0.1) is 13.8 Å². The Morgan fingerprint density at radius 3 is 2.34 bits per heavy atom. The molecule has 0 spiro atoms. The molecule has 1 saturated heterocycles. The summed E-state index contributed by atoms with van der Waals surface area (Å²) in [5, 5.41) is 7.42. The van der Waals surface area contributed by atoms with Crippen LogP contribution in [0.15, 0.2) is 60.7 Å². The first-order valence-electron chi connectivity index (χ1n) is 10.4. The monoisotopic (exact) mass is 431 g/mol. The molecule has 0 unspecified atom stereocenters. The highest BCUT2D eigenvalue weighted by atomic mass is 16.2. The quantitative estimate of drug-likeness (QED) is 0.583. The van der Waals surface area contributed by atoms with E-state index in [1.165, 1.54) is 4.90 Å². The van der Waals surface area contributed by atoms with Crippen LogP contribution in [0.25, 0.3) is 0 Å². The number of hydrogen-bond acceptors (Lipinski definition) is 4. The summed E-state index contributed by atoms with van der Waals surface area (Å²) in [6, 6.07) is 18.5. The first-order chi connectivity index (χ1) is 15.4. The molecule has 164 valence electrons. The highest BCUT2D eigenvalue weighted by Gasteiger charge is 2.37. The van der Waals surface area contributed by atoms with Gasteiger partial charge in [0.2, 0.25) is 5.91 Å². The van der Waals surface area contributed by atoms with Crippen LogP contribution in [-0.4, -0.2) is 45.6 Å². The van der Waals surface area contributed by atoms with Gasteiger partial charge in [0.15, 0.2) is 0 Å². The van der Waals surface area contributed by atoms with Gasteiger partial charge >= 0.3 is 6.03 Å². The van der Waals surface area contributed by atoms with Crippen LogP contribution in [0.4, 0.5) is 10.5 Å². The largest absolute Gasteiger partial charge is 0.350 e. The lowest BCUT2D eigenvalue weighted by molar-refractivity contribution is -0.130. The summed E-state index contributed by atoms with van der Waals surface area (Å²) in [5.41, 5.74) is 4.50. The summed E-state index contributed by atoms with van der Waals surface area (Å²) >= 11 is 0. The highest BCUT2D eigenvalue weighted by Crippen LogP contribution is 2.20. The average molecular weight is 431 g/mol. The number of nitrogens with zero attached hydrogens (tertiary/aromatic N) is 4. The van der Waals surface area contributed by atoms with Crippen LogP contribution >= 0.6 is 0 Å². The van der Waals surface area contributed by atoms with E-state index in [9.17, 15) is 14.4 Å². The molecular formula is C24H25N5O3. The van der Waals surface area contributed by atoms with E-state index in [0.717, 1.165) is 27.4 Å². The molecule has 4 rings (SSSR count). The number of aryl methyl sites for hydroxylation is 1. The Morgan fingerprint density at radius 1 is 1.00 bits per heavy atom. The number of hydrogen-bond donors (Lipinski definition) is 1. The van der Waals surface area contributed by atoms with E-state index in [-0.39, 0.29) is 19.6 Å². The number of benzene rings is 2. The maximum Gasteiger partial charge on any atom is 0.332 e. The van der Waals surface area contributed by atoms with Gasteiger partial charge in [-0.3, -0.25) is 24.1 Å². The summed E-state index contributed by atoms with van der Waals surface area (Å²) in [4.78, 5) is 39.9. The van der Waals surface area contributed by atoms with E-state index in [1.807, 2.05) is 54.9 Å². The Labute approximate surface area is 186 Å². The zero-order valence-corrected chi connectivity index (χ0v) is 18.1. The molecule has 1 fully saturated rings. The minimum atomic E-state index is -0.487. The van der Waals surface area contributed by atoms with Crippen molar-refractivity contribution < 1.29 is 14.4 Å². The van der Waals surface area contributed by atoms with Crippen molar-refractivity contribution in [3.8, 4) is 0 Å². The van der Waals surface area contributed by atoms with Crippen molar-refractivity contribution in [3.05, 3.63) is 83.2 Å². The van der Waals surface area contributed by atoms with Gasteiger partial charge in [-0.1, -0.05) is 48.5 Å². The highest BCUT2D eigenvalue weighted by molar-refractivity contribution is 6.13. The molecule has 2 aromatic carbocycles. The SMILES string of the molecule is Cc1nn(Cc2ccccc2)c(C)c1CNC(=O)CN1C(=O)CN(c2ccccc2)C1=O. The number of imide groups is 1. The van der Waals surface area contributed by atoms with E-state index in [4.69, 9.17) is 0 Å². The van der Waals surface area contributed by atoms with Gasteiger partial charge in [-0.25, -0.2) is 4.79 Å². The van der Waals surface area contributed by atoms with Gasteiger partial charge in [-0.2, -0.15) is 5.10 Å². The fourth-order valence-electron chi connectivity index (χ4n) is 3.79. The number of aromatic nitrogens is 2. The van der Waals surface area contributed by atoms with Crippen LogP contribution < -0.4 is 10.2 Å². The Hall–Kier alpha value is -3.94. The molecule has 0 aliphatic carbocycles. The molecule has 1 aliphatic rings. The molecule has 1 aromatic heterocycles. The van der Waals surface area contributed by atoms with Crippen LogP contribution in [0.1, 0.15) is 22.5 Å². The number of nitrogens with one attached hydrogen (secondary N) is 1. The molecule has 1 aliphatic heterocycles. The Morgan fingerprint density at radius 2 is 1.66 bits per heavy atom. The van der Waals surface area contributed by atoms with Crippen molar-refractivity contribution in [2.75, 3.05) is 18.0 Å². The van der Waals surface area contributed by atoms with Gasteiger partial charge in [-0.05, 0) is 31.5 Å². The van der Waals surface area contributed by atoms with Gasteiger partial charge in [0.05, 0.1) is 12.2 Å². The smallest absolute Gasteiger partial charge is 0.332 e. The van der Waals surface area contributed by atoms with Crippen molar-refractivity contribution in [3.63, 3.8) is 0 Å². The topological polar surface area (TPSA) is 87.5 Å². The van der Waals surface area contributed by atoms with Crippen molar-refractivity contribution in [1.29, 1.82) is 0 Å². The van der Waals surface area contributed by atoms with Crippen LogP contribution in [-0.2, 0) is 22.7 Å². The average Bonchev–Trinajstić information content (AvgIpc) is 3.23. The predicted octanol–water partition coefficient (Wildman–Crippen LogP) is 2.63. The molecule has 0 saturated carbocycles. The van der Waals surface area contributed by atoms with Gasteiger partial charge in [0.1, 0.15) is 13.1 Å². The molecule has 2 heterocycles. The van der Waals surface area contributed by atoms with Crippen molar-refractivity contribution >= 4 is 23.5 Å². The molecule has 0 radical (unpaired) electrons. The van der Waals surface area contributed by atoms with Crippen LogP contribution in [0.2, 0.25) is 0 Å². The number of carbonyl (C=O) groups excluding carboxylic acids is 3. The van der Waals surface area contributed by atoms with Gasteiger partial charge < -0.3 is 5.32 Å². The molecule has 8 heteroatoms. The summed E-state index contributed by atoms with van der Waals surface area (Å²) in [6.45, 7) is 4.42. The molecule has 32 heavy (non-hydrogen) atoms. The fourth-order valence-corrected chi connectivity index (χ4v) is 3.79. The van der Waals surface area contributed by atoms with Crippen molar-refractivity contribution in [2.24, 2.45) is 0 Å². The summed E-state index contributed by atoms with van der Waals surface area (Å²) in [5.74, 6) is -0.784. The lowest BCUT2D eigenvalue weighted by Crippen LogP contribution is -2.41. The molecule has 0 atom stereocenters. The number of anilines is 1. The lowest BCUT2D eigenvalue weighted by Gasteiger charge is -2.17. The van der Waals surface area contributed by atoms with Gasteiger partial charge in [0, 0.05) is 23.5 Å². The molecule has 8 nitrogen and oxygen atoms in total. The van der Waals surface area contributed by atoms with Crippen LogP contribution in [0.3, 0.4) is 0 Å². The number of carbonyl (C=O) groups is 3. The number of rotatable bonds is 7. The second-order valence-corrected chi connectivity index (χ2v) is 7.75. The van der Waals surface area contributed by atoms with E-state index in [0.29, 0.717) is 12.2 Å². The number of urea groups is 1. The molecule has 3 aromatic rings. The van der Waals surface area contributed by atoms with Crippen LogP contribution in [0.5, 0.6) is 0 Å². The number of para-hydroxylation sites is 1. The molecule has 0 bridgehead atoms. The standard InChI is InChI=1S/C24H25N5O3/c1-17-21(18(2)29(26-17)14-19-9-5-3-6-10-19)13-25-22(30)15-28-23(31)16-27(24(28)32)20-11-7-4-8-12-20/h3-12H,13-16H2,1-2H3,(H,25,30). The normalized spacial score (nSPS) is 13.7. The third-order valence-corrected chi connectivity index (χ3v) is 5.59. The molecular weight excluding hydrogens is 406 g/mol. The van der Waals surface area contributed by atoms with E-state index in [1.54, 1.807) is 24.3 Å². The van der Waals surface area contributed by atoms with Crippen molar-refractivity contribution in [1.82, 2.24) is 20.0 Å². The Balaban J connectivity index is 1.37. The molecule has 1 N–H and O–H groups in total. The number of amides is 4. The first-order valence-corrected chi connectivity index (χ1v) is 10.4. The second-order valence-electron chi connectivity index (χ2n) is 7.75.